The van der Waals surface area contributed by atoms with Crippen molar-refractivity contribution in [2.75, 3.05) is 40.4 Å². The van der Waals surface area contributed by atoms with Gasteiger partial charge in [-0.3, -0.25) is 9.59 Å². The maximum absolute atomic E-state index is 13.4. The van der Waals surface area contributed by atoms with Crippen LogP contribution >= 0.6 is 0 Å². The zero-order valence-electron chi connectivity index (χ0n) is 22.2. The molecule has 1 saturated heterocycles. The van der Waals surface area contributed by atoms with Crippen molar-refractivity contribution in [3.63, 3.8) is 0 Å². The number of aliphatic hydroxyl groups excluding tert-OH is 1. The number of hydrogen-bond acceptors (Lipinski definition) is 7. The second-order valence-corrected chi connectivity index (χ2v) is 9.44. The van der Waals surface area contributed by atoms with Crippen LogP contribution in [-0.2, 0) is 16.0 Å². The van der Waals surface area contributed by atoms with Crippen molar-refractivity contribution in [1.82, 2.24) is 9.80 Å². The first-order valence-electron chi connectivity index (χ1n) is 12.8. The normalized spacial score (nSPS) is 20.3. The molecule has 1 N–H and O–H groups in total. The fourth-order valence-corrected chi connectivity index (χ4v) is 5.21. The van der Waals surface area contributed by atoms with Crippen LogP contribution < -0.4 is 14.2 Å². The Bertz CT molecular complexity index is 1200. The molecule has 8 heteroatoms. The smallest absolute Gasteiger partial charge is 0.295 e. The summed E-state index contributed by atoms with van der Waals surface area (Å²) in [4.78, 5) is 30.5. The Hall–Kier alpha value is -3.52. The minimum atomic E-state index is -0.750. The van der Waals surface area contributed by atoms with Gasteiger partial charge in [-0.05, 0) is 74.4 Å². The summed E-state index contributed by atoms with van der Waals surface area (Å²) in [5.41, 5.74) is 2.20. The molecule has 4 rings (SSSR count). The van der Waals surface area contributed by atoms with Gasteiger partial charge >= 0.3 is 0 Å². The average molecular weight is 509 g/mol. The van der Waals surface area contributed by atoms with Gasteiger partial charge in [0, 0.05) is 18.5 Å². The second kappa shape index (κ2) is 11.3. The van der Waals surface area contributed by atoms with E-state index in [9.17, 15) is 14.7 Å². The van der Waals surface area contributed by atoms with Gasteiger partial charge in [0.2, 0.25) is 0 Å². The quantitative estimate of drug-likeness (QED) is 0.293. The molecule has 198 valence electrons. The van der Waals surface area contributed by atoms with E-state index in [0.717, 1.165) is 37.4 Å². The third-order valence-corrected chi connectivity index (χ3v) is 7.20. The highest BCUT2D eigenvalue weighted by Crippen LogP contribution is 2.42. The monoisotopic (exact) mass is 508 g/mol. The molecule has 2 aromatic rings. The summed E-state index contributed by atoms with van der Waals surface area (Å²) in [6.45, 7) is 9.19. The lowest BCUT2D eigenvalue weighted by Gasteiger charge is -2.27. The number of likely N-dealkylation sites (tertiary alicyclic amines) is 1. The molecule has 0 radical (unpaired) electrons. The molecule has 0 aliphatic carbocycles. The molecule has 37 heavy (non-hydrogen) atoms. The number of ether oxygens (including phenoxy) is 3. The number of hydrogen-bond donors (Lipinski definition) is 1. The SMILES string of the molecule is CCN(CC)CCCN1C(=O)C(=O)C(=C(O)c2ccc3c(c2)C[C@@H](C)O3)[C@@H]1c1ccc(OC)c(OC)c1. The number of aliphatic hydroxyl groups is 1. The van der Waals surface area contributed by atoms with Crippen molar-refractivity contribution in [3.05, 3.63) is 58.7 Å². The van der Waals surface area contributed by atoms with Crippen LogP contribution in [0.15, 0.2) is 42.0 Å². The molecular formula is C29H36N2O6. The van der Waals surface area contributed by atoms with E-state index in [-0.39, 0.29) is 17.4 Å². The predicted octanol–water partition coefficient (Wildman–Crippen LogP) is 4.18. The van der Waals surface area contributed by atoms with Crippen LogP contribution in [0.2, 0.25) is 0 Å². The summed E-state index contributed by atoms with van der Waals surface area (Å²) in [6, 6.07) is 9.94. The van der Waals surface area contributed by atoms with Crippen LogP contribution in [0.5, 0.6) is 17.2 Å². The number of nitrogens with zero attached hydrogens (tertiary/aromatic N) is 2. The van der Waals surface area contributed by atoms with E-state index in [4.69, 9.17) is 14.2 Å². The van der Waals surface area contributed by atoms with Crippen LogP contribution in [0.4, 0.5) is 0 Å². The number of benzene rings is 2. The van der Waals surface area contributed by atoms with Gasteiger partial charge in [-0.1, -0.05) is 19.9 Å². The van der Waals surface area contributed by atoms with E-state index in [1.54, 1.807) is 42.3 Å². The lowest BCUT2D eigenvalue weighted by molar-refractivity contribution is -0.140. The highest BCUT2D eigenvalue weighted by Gasteiger charge is 2.46. The Morgan fingerprint density at radius 1 is 1.08 bits per heavy atom. The van der Waals surface area contributed by atoms with Gasteiger partial charge in [-0.2, -0.15) is 0 Å². The average Bonchev–Trinajstić information content (AvgIpc) is 3.41. The molecule has 2 aliphatic heterocycles. The van der Waals surface area contributed by atoms with Crippen LogP contribution in [-0.4, -0.2) is 73.1 Å². The lowest BCUT2D eigenvalue weighted by Crippen LogP contribution is -2.33. The topological polar surface area (TPSA) is 88.5 Å². The summed E-state index contributed by atoms with van der Waals surface area (Å²) in [6.07, 6.45) is 1.47. The van der Waals surface area contributed by atoms with E-state index in [2.05, 4.69) is 18.7 Å². The van der Waals surface area contributed by atoms with E-state index >= 15 is 0 Å². The third-order valence-electron chi connectivity index (χ3n) is 7.20. The van der Waals surface area contributed by atoms with E-state index in [0.29, 0.717) is 35.6 Å². The maximum Gasteiger partial charge on any atom is 0.295 e. The molecule has 0 saturated carbocycles. The second-order valence-electron chi connectivity index (χ2n) is 9.44. The number of amides is 1. The molecule has 1 amide bonds. The van der Waals surface area contributed by atoms with Gasteiger partial charge in [0.05, 0.1) is 25.8 Å². The Morgan fingerprint density at radius 3 is 2.49 bits per heavy atom. The van der Waals surface area contributed by atoms with Crippen molar-refractivity contribution in [2.45, 2.75) is 45.8 Å². The van der Waals surface area contributed by atoms with Gasteiger partial charge < -0.3 is 29.1 Å². The predicted molar refractivity (Wildman–Crippen MR) is 141 cm³/mol. The first kappa shape index (κ1) is 26.5. The number of methoxy groups -OCH3 is 2. The molecule has 1 fully saturated rings. The Kier molecular flexibility index (Phi) is 8.07. The summed E-state index contributed by atoms with van der Waals surface area (Å²) in [5, 5.41) is 11.4. The zero-order chi connectivity index (χ0) is 26.7. The molecule has 8 nitrogen and oxygen atoms in total. The molecule has 2 heterocycles. The Balaban J connectivity index is 1.78. The molecule has 2 atom stereocenters. The highest BCUT2D eigenvalue weighted by atomic mass is 16.5. The van der Waals surface area contributed by atoms with Crippen molar-refractivity contribution in [1.29, 1.82) is 0 Å². The van der Waals surface area contributed by atoms with E-state index in [1.165, 1.54) is 7.11 Å². The van der Waals surface area contributed by atoms with Gasteiger partial charge in [-0.15, -0.1) is 0 Å². The van der Waals surface area contributed by atoms with Crippen molar-refractivity contribution >= 4 is 17.4 Å². The molecule has 0 unspecified atom stereocenters. The van der Waals surface area contributed by atoms with Gasteiger partial charge in [-0.25, -0.2) is 0 Å². The number of Topliss-reactive ketones (excluding diaryl/α,β-unsaturated/α-hetero) is 1. The Labute approximate surface area is 218 Å². The lowest BCUT2D eigenvalue weighted by atomic mass is 9.94. The fraction of sp³-hybridized carbons (Fsp3) is 0.448. The van der Waals surface area contributed by atoms with Crippen LogP contribution in [0, 0.1) is 0 Å². The van der Waals surface area contributed by atoms with Crippen molar-refractivity contribution in [2.24, 2.45) is 0 Å². The zero-order valence-corrected chi connectivity index (χ0v) is 22.2. The molecule has 0 aromatic heterocycles. The fourth-order valence-electron chi connectivity index (χ4n) is 5.21. The Morgan fingerprint density at radius 2 is 1.81 bits per heavy atom. The summed E-state index contributed by atoms with van der Waals surface area (Å²) < 4.78 is 16.7. The minimum Gasteiger partial charge on any atom is -0.507 e. The van der Waals surface area contributed by atoms with E-state index in [1.807, 2.05) is 13.0 Å². The maximum atomic E-state index is 13.4. The first-order valence-corrected chi connectivity index (χ1v) is 12.8. The standard InChI is InChI=1S/C29H36N2O6/c1-6-30(7-2)13-8-14-31-26(19-9-12-23(35-4)24(17-19)36-5)25(28(33)29(31)34)27(32)20-10-11-22-21(16-20)15-18(3)37-22/h9-12,16-18,26,32H,6-8,13-15H2,1-5H3/t18-,26+/m1/s1. The molecule has 0 bridgehead atoms. The van der Waals surface area contributed by atoms with Gasteiger partial charge in [0.15, 0.2) is 11.5 Å². The van der Waals surface area contributed by atoms with Crippen LogP contribution in [0.1, 0.15) is 49.9 Å². The van der Waals surface area contributed by atoms with Crippen LogP contribution in [0.3, 0.4) is 0 Å². The molecule has 2 aromatic carbocycles. The van der Waals surface area contributed by atoms with E-state index < -0.39 is 17.7 Å². The molecule has 2 aliphatic rings. The van der Waals surface area contributed by atoms with Crippen molar-refractivity contribution in [3.8, 4) is 17.2 Å². The van der Waals surface area contributed by atoms with Crippen molar-refractivity contribution < 1.29 is 28.9 Å². The number of carbonyl (C=O) groups excluding carboxylic acids is 2. The molecule has 0 spiro atoms. The summed E-state index contributed by atoms with van der Waals surface area (Å²) >= 11 is 0. The number of carbonyl (C=O) groups is 2. The van der Waals surface area contributed by atoms with Crippen LogP contribution in [0.25, 0.3) is 5.76 Å². The van der Waals surface area contributed by atoms with Gasteiger partial charge in [0.25, 0.3) is 11.7 Å². The van der Waals surface area contributed by atoms with Gasteiger partial charge in [0.1, 0.15) is 17.6 Å². The summed E-state index contributed by atoms with van der Waals surface area (Å²) in [5.74, 6) is 0.309. The summed E-state index contributed by atoms with van der Waals surface area (Å²) in [7, 11) is 3.09. The minimum absolute atomic E-state index is 0.0514. The largest absolute Gasteiger partial charge is 0.507 e. The third kappa shape index (κ3) is 5.16. The number of rotatable bonds is 10. The number of ketones is 1. The highest BCUT2D eigenvalue weighted by molar-refractivity contribution is 6.46. The number of fused-ring (bicyclic) bond motifs is 1. The molecular weight excluding hydrogens is 472 g/mol. The first-order chi connectivity index (χ1) is 17.8.